The molecule has 0 aliphatic heterocycles. The highest BCUT2D eigenvalue weighted by molar-refractivity contribution is 5.98. The van der Waals surface area contributed by atoms with E-state index < -0.39 is 0 Å². The molecular formula is C27H21N3O2. The average molecular weight is 419 g/mol. The van der Waals surface area contributed by atoms with E-state index in [4.69, 9.17) is 4.52 Å². The van der Waals surface area contributed by atoms with E-state index in [-0.39, 0.29) is 5.91 Å². The summed E-state index contributed by atoms with van der Waals surface area (Å²) < 4.78 is 5.64. The highest BCUT2D eigenvalue weighted by atomic mass is 16.5. The van der Waals surface area contributed by atoms with Crippen molar-refractivity contribution in [2.45, 2.75) is 12.8 Å². The Morgan fingerprint density at radius 2 is 1.56 bits per heavy atom. The molecule has 32 heavy (non-hydrogen) atoms. The Hall–Kier alpha value is -4.25. The number of nitrogens with zero attached hydrogens (tertiary/aromatic N) is 2. The minimum absolute atomic E-state index is 0.120. The molecule has 156 valence electrons. The van der Waals surface area contributed by atoms with Crippen LogP contribution in [0.4, 0.5) is 5.88 Å². The molecule has 0 aliphatic rings. The number of hydrogen-bond donors (Lipinski definition) is 1. The van der Waals surface area contributed by atoms with E-state index in [9.17, 15) is 4.79 Å². The molecule has 2 aromatic heterocycles. The van der Waals surface area contributed by atoms with Crippen LogP contribution in [-0.4, -0.2) is 16.0 Å². The largest absolute Gasteiger partial charge is 0.337 e. The number of benzene rings is 3. The summed E-state index contributed by atoms with van der Waals surface area (Å²) in [6.45, 7) is 0. The summed E-state index contributed by atoms with van der Waals surface area (Å²) in [6, 6.07) is 28.0. The number of amides is 1. The first-order chi connectivity index (χ1) is 15.8. The van der Waals surface area contributed by atoms with Gasteiger partial charge in [-0.1, -0.05) is 71.9 Å². The predicted octanol–water partition coefficient (Wildman–Crippen LogP) is 6.13. The molecule has 0 bridgehead atoms. The van der Waals surface area contributed by atoms with Gasteiger partial charge >= 0.3 is 0 Å². The highest BCUT2D eigenvalue weighted by Gasteiger charge is 2.21. The molecule has 5 aromatic rings. The molecule has 3 aromatic carbocycles. The maximum absolute atomic E-state index is 12.7. The van der Waals surface area contributed by atoms with E-state index in [1.54, 1.807) is 12.4 Å². The minimum Gasteiger partial charge on any atom is -0.337 e. The number of nitrogens with one attached hydrogen (secondary N) is 1. The van der Waals surface area contributed by atoms with Crippen LogP contribution in [0, 0.1) is 0 Å². The lowest BCUT2D eigenvalue weighted by atomic mass is 9.99. The molecule has 5 nitrogen and oxygen atoms in total. The number of anilines is 1. The Morgan fingerprint density at radius 1 is 0.812 bits per heavy atom. The van der Waals surface area contributed by atoms with Crippen molar-refractivity contribution in [3.05, 3.63) is 103 Å². The van der Waals surface area contributed by atoms with Crippen LogP contribution >= 0.6 is 0 Å². The van der Waals surface area contributed by atoms with Gasteiger partial charge in [0.2, 0.25) is 11.8 Å². The number of rotatable bonds is 6. The van der Waals surface area contributed by atoms with Crippen molar-refractivity contribution < 1.29 is 9.32 Å². The van der Waals surface area contributed by atoms with Gasteiger partial charge in [-0.3, -0.25) is 15.1 Å². The molecule has 5 rings (SSSR count). The smallest absolute Gasteiger partial charge is 0.239 e. The second-order valence-electron chi connectivity index (χ2n) is 7.57. The zero-order valence-corrected chi connectivity index (χ0v) is 17.4. The number of aromatic nitrogens is 2. The van der Waals surface area contributed by atoms with Gasteiger partial charge in [-0.15, -0.1) is 0 Å². The lowest BCUT2D eigenvalue weighted by Crippen LogP contribution is -2.12. The normalized spacial score (nSPS) is 10.9. The summed E-state index contributed by atoms with van der Waals surface area (Å²) in [4.78, 5) is 16.8. The third-order valence-electron chi connectivity index (χ3n) is 5.42. The van der Waals surface area contributed by atoms with E-state index in [1.165, 1.54) is 0 Å². The van der Waals surface area contributed by atoms with Gasteiger partial charge in [-0.05, 0) is 46.5 Å². The molecule has 1 amide bonds. The first-order valence-corrected chi connectivity index (χ1v) is 10.5. The second-order valence-corrected chi connectivity index (χ2v) is 7.57. The summed E-state index contributed by atoms with van der Waals surface area (Å²) in [6.07, 6.45) is 4.44. The minimum atomic E-state index is -0.120. The van der Waals surface area contributed by atoms with Crippen LogP contribution < -0.4 is 5.32 Å². The molecular weight excluding hydrogens is 398 g/mol. The van der Waals surface area contributed by atoms with Crippen molar-refractivity contribution in [3.8, 4) is 22.4 Å². The van der Waals surface area contributed by atoms with E-state index in [0.717, 1.165) is 33.0 Å². The Morgan fingerprint density at radius 3 is 2.38 bits per heavy atom. The monoisotopic (exact) mass is 419 g/mol. The number of carbonyl (C=O) groups is 1. The number of aryl methyl sites for hydroxylation is 1. The molecule has 0 unspecified atom stereocenters. The highest BCUT2D eigenvalue weighted by Crippen LogP contribution is 2.38. The standard InChI is InChI=1S/C27H21N3O2/c31-24(13-10-19-6-2-1-3-7-19)29-27-25(21-14-16-28-17-15-21)26(30-32-27)23-12-11-20-8-4-5-9-22(20)18-23/h1-9,11-12,14-18H,10,13H2,(H,29,31). The van der Waals surface area contributed by atoms with Crippen LogP contribution in [0.3, 0.4) is 0 Å². The summed E-state index contributed by atoms with van der Waals surface area (Å²) >= 11 is 0. The molecule has 0 spiro atoms. The quantitative estimate of drug-likeness (QED) is 0.360. The molecule has 0 atom stereocenters. The van der Waals surface area contributed by atoms with Crippen molar-refractivity contribution in [1.82, 2.24) is 10.1 Å². The van der Waals surface area contributed by atoms with Gasteiger partial charge in [0.25, 0.3) is 0 Å². The fourth-order valence-electron chi connectivity index (χ4n) is 3.79. The molecule has 1 N–H and O–H groups in total. The van der Waals surface area contributed by atoms with Crippen molar-refractivity contribution in [1.29, 1.82) is 0 Å². The lowest BCUT2D eigenvalue weighted by Gasteiger charge is -2.07. The topological polar surface area (TPSA) is 68.0 Å². The molecule has 0 saturated heterocycles. The third kappa shape index (κ3) is 4.14. The van der Waals surface area contributed by atoms with Crippen LogP contribution in [0.1, 0.15) is 12.0 Å². The first-order valence-electron chi connectivity index (χ1n) is 10.5. The van der Waals surface area contributed by atoms with Crippen molar-refractivity contribution in [2.75, 3.05) is 5.32 Å². The maximum Gasteiger partial charge on any atom is 0.239 e. The molecule has 5 heteroatoms. The summed E-state index contributed by atoms with van der Waals surface area (Å²) in [5, 5.41) is 9.51. The van der Waals surface area contributed by atoms with Crippen LogP contribution in [0.2, 0.25) is 0 Å². The second kappa shape index (κ2) is 8.86. The SMILES string of the molecule is O=C(CCc1ccccc1)Nc1onc(-c2ccc3ccccc3c2)c1-c1ccncc1. The molecule has 2 heterocycles. The summed E-state index contributed by atoms with van der Waals surface area (Å²) in [5.41, 5.74) is 4.34. The molecule has 0 saturated carbocycles. The Bertz CT molecular complexity index is 1360. The van der Waals surface area contributed by atoms with Crippen molar-refractivity contribution >= 4 is 22.6 Å². The van der Waals surface area contributed by atoms with Gasteiger partial charge in [0.05, 0.1) is 5.56 Å². The van der Waals surface area contributed by atoms with Crippen molar-refractivity contribution in [3.63, 3.8) is 0 Å². The average Bonchev–Trinajstić information content (AvgIpc) is 3.27. The van der Waals surface area contributed by atoms with Crippen molar-refractivity contribution in [2.24, 2.45) is 0 Å². The Labute approximate surface area is 185 Å². The summed E-state index contributed by atoms with van der Waals surface area (Å²) in [7, 11) is 0. The van der Waals surface area contributed by atoms with Gasteiger partial charge in [-0.2, -0.15) is 0 Å². The van der Waals surface area contributed by atoms with Gasteiger partial charge in [0.15, 0.2) is 0 Å². The zero-order chi connectivity index (χ0) is 21.8. The van der Waals surface area contributed by atoms with Gasteiger partial charge in [0.1, 0.15) is 5.69 Å². The van der Waals surface area contributed by atoms with Gasteiger partial charge < -0.3 is 4.52 Å². The van der Waals surface area contributed by atoms with E-state index in [2.05, 4.69) is 39.7 Å². The zero-order valence-electron chi connectivity index (χ0n) is 17.4. The van der Waals surface area contributed by atoms with E-state index >= 15 is 0 Å². The van der Waals surface area contributed by atoms with E-state index in [0.29, 0.717) is 24.4 Å². The predicted molar refractivity (Wildman–Crippen MR) is 126 cm³/mol. The van der Waals surface area contributed by atoms with Crippen LogP contribution in [0.5, 0.6) is 0 Å². The summed E-state index contributed by atoms with van der Waals surface area (Å²) in [5.74, 6) is 0.225. The van der Waals surface area contributed by atoms with Crippen LogP contribution in [-0.2, 0) is 11.2 Å². The number of pyridine rings is 1. The first kappa shape index (κ1) is 19.7. The molecule has 0 radical (unpaired) electrons. The van der Waals surface area contributed by atoms with E-state index in [1.807, 2.05) is 60.7 Å². The number of carbonyl (C=O) groups excluding carboxylic acids is 1. The van der Waals surface area contributed by atoms with Gasteiger partial charge in [0, 0.05) is 24.4 Å². The maximum atomic E-state index is 12.7. The Kier molecular flexibility index (Phi) is 5.45. The molecule has 0 fully saturated rings. The lowest BCUT2D eigenvalue weighted by molar-refractivity contribution is -0.116. The fourth-order valence-corrected chi connectivity index (χ4v) is 3.79. The number of fused-ring (bicyclic) bond motifs is 1. The van der Waals surface area contributed by atoms with Crippen LogP contribution in [0.25, 0.3) is 33.2 Å². The molecule has 0 aliphatic carbocycles. The van der Waals surface area contributed by atoms with Gasteiger partial charge in [-0.25, -0.2) is 0 Å². The number of hydrogen-bond acceptors (Lipinski definition) is 4. The van der Waals surface area contributed by atoms with Crippen LogP contribution in [0.15, 0.2) is 102 Å². The Balaban J connectivity index is 1.47. The fraction of sp³-hybridized carbons (Fsp3) is 0.0741. The third-order valence-corrected chi connectivity index (χ3v) is 5.42.